The molecule has 94 valence electrons. The second-order valence-electron chi connectivity index (χ2n) is 4.25. The Morgan fingerprint density at radius 3 is 2.50 bits per heavy atom. The molecule has 1 unspecified atom stereocenters. The van der Waals surface area contributed by atoms with Crippen molar-refractivity contribution in [3.05, 3.63) is 70.0 Å². The predicted molar refractivity (Wildman–Crippen MR) is 73.5 cm³/mol. The van der Waals surface area contributed by atoms with E-state index >= 15 is 0 Å². The van der Waals surface area contributed by atoms with Crippen LogP contribution in [0.5, 0.6) is 0 Å². The summed E-state index contributed by atoms with van der Waals surface area (Å²) >= 11 is 6.18. The molecule has 0 radical (unpaired) electrons. The minimum atomic E-state index is -0.195. The summed E-state index contributed by atoms with van der Waals surface area (Å²) in [5, 5.41) is 3.85. The van der Waals surface area contributed by atoms with Gasteiger partial charge in [-0.3, -0.25) is 0 Å². The van der Waals surface area contributed by atoms with E-state index in [0.29, 0.717) is 10.6 Å². The maximum atomic E-state index is 13.6. The Bertz CT molecular complexity index is 554. The van der Waals surface area contributed by atoms with Crippen LogP contribution in [0.3, 0.4) is 0 Å². The van der Waals surface area contributed by atoms with E-state index in [-0.39, 0.29) is 11.9 Å². The summed E-state index contributed by atoms with van der Waals surface area (Å²) in [6.45, 7) is 1.75. The van der Waals surface area contributed by atoms with Gasteiger partial charge < -0.3 is 5.32 Å². The molecule has 1 N–H and O–H groups in total. The molecule has 0 aromatic heterocycles. The van der Waals surface area contributed by atoms with Gasteiger partial charge in [0, 0.05) is 5.02 Å². The van der Waals surface area contributed by atoms with Gasteiger partial charge in [0.05, 0.1) is 6.04 Å². The lowest BCUT2D eigenvalue weighted by Crippen LogP contribution is -2.18. The van der Waals surface area contributed by atoms with Crippen LogP contribution in [0, 0.1) is 12.7 Å². The van der Waals surface area contributed by atoms with Crippen molar-refractivity contribution < 1.29 is 4.39 Å². The number of rotatable bonds is 3. The average molecular weight is 264 g/mol. The number of hydrogen-bond acceptors (Lipinski definition) is 1. The summed E-state index contributed by atoms with van der Waals surface area (Å²) in [4.78, 5) is 0. The van der Waals surface area contributed by atoms with Crippen LogP contribution in [-0.4, -0.2) is 7.05 Å². The number of benzene rings is 2. The highest BCUT2D eigenvalue weighted by Gasteiger charge is 2.15. The molecule has 2 rings (SSSR count). The monoisotopic (exact) mass is 263 g/mol. The Kier molecular flexibility index (Phi) is 4.00. The fourth-order valence-electron chi connectivity index (χ4n) is 2.00. The highest BCUT2D eigenvalue weighted by molar-refractivity contribution is 6.31. The maximum Gasteiger partial charge on any atom is 0.126 e. The zero-order valence-electron chi connectivity index (χ0n) is 10.4. The second-order valence-corrected chi connectivity index (χ2v) is 4.66. The standard InChI is InChI=1S/C15H15ClFN/c1-10-7-8-11(9-14(10)17)15(18-2)12-5-3-4-6-13(12)16/h3-9,15,18H,1-2H3. The van der Waals surface area contributed by atoms with Crippen molar-refractivity contribution in [1.29, 1.82) is 0 Å². The minimum Gasteiger partial charge on any atom is -0.309 e. The van der Waals surface area contributed by atoms with Crippen LogP contribution in [-0.2, 0) is 0 Å². The lowest BCUT2D eigenvalue weighted by atomic mass is 9.98. The summed E-state index contributed by atoms with van der Waals surface area (Å²) in [5.74, 6) is -0.195. The van der Waals surface area contributed by atoms with Gasteiger partial charge in [-0.25, -0.2) is 4.39 Å². The van der Waals surface area contributed by atoms with Gasteiger partial charge in [0.15, 0.2) is 0 Å². The Labute approximate surface area is 112 Å². The van der Waals surface area contributed by atoms with Gasteiger partial charge in [-0.15, -0.1) is 0 Å². The van der Waals surface area contributed by atoms with Gasteiger partial charge in [0.1, 0.15) is 5.82 Å². The van der Waals surface area contributed by atoms with E-state index in [9.17, 15) is 4.39 Å². The number of aryl methyl sites for hydroxylation is 1. The van der Waals surface area contributed by atoms with Crippen molar-refractivity contribution in [3.8, 4) is 0 Å². The molecule has 18 heavy (non-hydrogen) atoms. The smallest absolute Gasteiger partial charge is 0.126 e. The van der Waals surface area contributed by atoms with Gasteiger partial charge in [0.25, 0.3) is 0 Å². The highest BCUT2D eigenvalue weighted by atomic mass is 35.5. The number of nitrogens with one attached hydrogen (secondary N) is 1. The first kappa shape index (κ1) is 13.1. The zero-order valence-corrected chi connectivity index (χ0v) is 11.1. The van der Waals surface area contributed by atoms with E-state index in [2.05, 4.69) is 5.32 Å². The minimum absolute atomic E-state index is 0.103. The molecule has 1 nitrogen and oxygen atoms in total. The summed E-state index contributed by atoms with van der Waals surface area (Å²) < 4.78 is 13.6. The summed E-state index contributed by atoms with van der Waals surface area (Å²) in [7, 11) is 1.84. The first-order chi connectivity index (χ1) is 8.63. The van der Waals surface area contributed by atoms with Crippen LogP contribution < -0.4 is 5.32 Å². The Balaban J connectivity index is 2.45. The molecule has 0 aliphatic carbocycles. The maximum absolute atomic E-state index is 13.6. The largest absolute Gasteiger partial charge is 0.309 e. The van der Waals surface area contributed by atoms with Crippen LogP contribution in [0.2, 0.25) is 5.02 Å². The van der Waals surface area contributed by atoms with Crippen LogP contribution in [0.15, 0.2) is 42.5 Å². The molecule has 3 heteroatoms. The molecule has 0 bridgehead atoms. The summed E-state index contributed by atoms with van der Waals surface area (Å²) in [5.41, 5.74) is 2.46. The van der Waals surface area contributed by atoms with E-state index in [4.69, 9.17) is 11.6 Å². The molecule has 0 spiro atoms. The predicted octanol–water partition coefficient (Wildman–Crippen LogP) is 4.10. The lowest BCUT2D eigenvalue weighted by molar-refractivity contribution is 0.608. The average Bonchev–Trinajstić information content (AvgIpc) is 2.37. The molecule has 0 aliphatic rings. The third kappa shape index (κ3) is 2.55. The van der Waals surface area contributed by atoms with Crippen molar-refractivity contribution in [3.63, 3.8) is 0 Å². The molecule has 1 atom stereocenters. The van der Waals surface area contributed by atoms with Crippen LogP contribution in [0.1, 0.15) is 22.7 Å². The van der Waals surface area contributed by atoms with Gasteiger partial charge in [0.2, 0.25) is 0 Å². The number of hydrogen-bond donors (Lipinski definition) is 1. The first-order valence-corrected chi connectivity index (χ1v) is 6.19. The van der Waals surface area contributed by atoms with E-state index in [1.54, 1.807) is 19.1 Å². The fourth-order valence-corrected chi connectivity index (χ4v) is 2.24. The molecule has 0 aliphatic heterocycles. The molecular formula is C15H15ClFN. The Hall–Kier alpha value is -1.38. The molecular weight excluding hydrogens is 249 g/mol. The van der Waals surface area contributed by atoms with Crippen molar-refractivity contribution in [2.45, 2.75) is 13.0 Å². The van der Waals surface area contributed by atoms with Crippen LogP contribution in [0.4, 0.5) is 4.39 Å². The van der Waals surface area contributed by atoms with Gasteiger partial charge in [-0.1, -0.05) is 41.9 Å². The summed E-state index contributed by atoms with van der Waals surface area (Å²) in [6.07, 6.45) is 0. The Morgan fingerprint density at radius 2 is 1.89 bits per heavy atom. The van der Waals surface area contributed by atoms with E-state index in [0.717, 1.165) is 11.1 Å². The quantitative estimate of drug-likeness (QED) is 0.879. The van der Waals surface area contributed by atoms with Gasteiger partial charge in [-0.2, -0.15) is 0 Å². The molecule has 2 aromatic carbocycles. The summed E-state index contributed by atoms with van der Waals surface area (Å²) in [6, 6.07) is 12.8. The normalized spacial score (nSPS) is 12.4. The van der Waals surface area contributed by atoms with Crippen LogP contribution in [0.25, 0.3) is 0 Å². The van der Waals surface area contributed by atoms with E-state index < -0.39 is 0 Å². The second kappa shape index (κ2) is 5.51. The lowest BCUT2D eigenvalue weighted by Gasteiger charge is -2.19. The third-order valence-corrected chi connectivity index (χ3v) is 3.38. The number of halogens is 2. The van der Waals surface area contributed by atoms with Crippen molar-refractivity contribution in [2.24, 2.45) is 0 Å². The topological polar surface area (TPSA) is 12.0 Å². The molecule has 0 amide bonds. The van der Waals surface area contributed by atoms with E-state index in [1.807, 2.05) is 37.4 Å². The fraction of sp³-hybridized carbons (Fsp3) is 0.200. The van der Waals surface area contributed by atoms with E-state index in [1.165, 1.54) is 0 Å². The molecule has 2 aromatic rings. The van der Waals surface area contributed by atoms with Crippen LogP contribution >= 0.6 is 11.6 Å². The van der Waals surface area contributed by atoms with Crippen molar-refractivity contribution >= 4 is 11.6 Å². The first-order valence-electron chi connectivity index (χ1n) is 5.81. The zero-order chi connectivity index (χ0) is 13.1. The van der Waals surface area contributed by atoms with Crippen molar-refractivity contribution in [1.82, 2.24) is 5.32 Å². The molecule has 0 fully saturated rings. The Morgan fingerprint density at radius 1 is 1.17 bits per heavy atom. The SMILES string of the molecule is CNC(c1ccc(C)c(F)c1)c1ccccc1Cl. The van der Waals surface area contributed by atoms with Gasteiger partial charge >= 0.3 is 0 Å². The molecule has 0 heterocycles. The molecule has 0 saturated carbocycles. The van der Waals surface area contributed by atoms with Crippen molar-refractivity contribution in [2.75, 3.05) is 7.05 Å². The molecule has 0 saturated heterocycles. The van der Waals surface area contributed by atoms with Gasteiger partial charge in [-0.05, 0) is 42.8 Å². The third-order valence-electron chi connectivity index (χ3n) is 3.03. The highest BCUT2D eigenvalue weighted by Crippen LogP contribution is 2.28.